The van der Waals surface area contributed by atoms with Crippen molar-refractivity contribution < 1.29 is 14.6 Å². The molecule has 0 amide bonds. The van der Waals surface area contributed by atoms with E-state index in [0.29, 0.717) is 13.1 Å². The van der Waals surface area contributed by atoms with Crippen LogP contribution in [0.2, 0.25) is 0 Å². The number of aliphatic hydroxyl groups excluding tert-OH is 1. The molecular formula is C17H21NO3. The molecule has 0 aliphatic heterocycles. The first-order valence-corrected chi connectivity index (χ1v) is 6.89. The van der Waals surface area contributed by atoms with Crippen LogP contribution in [-0.2, 0) is 6.54 Å². The third-order valence-corrected chi connectivity index (χ3v) is 3.35. The molecular weight excluding hydrogens is 266 g/mol. The summed E-state index contributed by atoms with van der Waals surface area (Å²) in [6, 6.07) is 15.3. The van der Waals surface area contributed by atoms with Gasteiger partial charge in [-0.1, -0.05) is 30.3 Å². The van der Waals surface area contributed by atoms with Gasteiger partial charge in [0.1, 0.15) is 11.5 Å². The van der Waals surface area contributed by atoms with E-state index in [-0.39, 0.29) is 0 Å². The zero-order chi connectivity index (χ0) is 15.1. The molecule has 2 aromatic rings. The number of ether oxygens (including phenoxy) is 2. The fraction of sp³-hybridized carbons (Fsp3) is 0.294. The van der Waals surface area contributed by atoms with Gasteiger partial charge in [-0.05, 0) is 23.8 Å². The van der Waals surface area contributed by atoms with Gasteiger partial charge in [-0.2, -0.15) is 0 Å². The van der Waals surface area contributed by atoms with Gasteiger partial charge in [-0.25, -0.2) is 0 Å². The average Bonchev–Trinajstić information content (AvgIpc) is 2.55. The minimum atomic E-state index is -0.550. The summed E-state index contributed by atoms with van der Waals surface area (Å²) >= 11 is 0. The fourth-order valence-electron chi connectivity index (χ4n) is 2.14. The van der Waals surface area contributed by atoms with Gasteiger partial charge in [-0.3, -0.25) is 0 Å². The molecule has 0 heterocycles. The molecule has 1 atom stereocenters. The Hall–Kier alpha value is -2.04. The molecule has 1 unspecified atom stereocenters. The van der Waals surface area contributed by atoms with Gasteiger partial charge in [-0.15, -0.1) is 0 Å². The lowest BCUT2D eigenvalue weighted by Crippen LogP contribution is -2.21. The summed E-state index contributed by atoms with van der Waals surface area (Å²) in [4.78, 5) is 0. The van der Waals surface area contributed by atoms with Crippen LogP contribution < -0.4 is 14.8 Å². The van der Waals surface area contributed by atoms with Crippen LogP contribution in [-0.4, -0.2) is 25.9 Å². The highest BCUT2D eigenvalue weighted by Crippen LogP contribution is 2.19. The molecule has 2 aromatic carbocycles. The van der Waals surface area contributed by atoms with Gasteiger partial charge in [0.15, 0.2) is 0 Å². The van der Waals surface area contributed by atoms with Crippen molar-refractivity contribution in [2.24, 2.45) is 0 Å². The smallest absolute Gasteiger partial charge is 0.123 e. The van der Waals surface area contributed by atoms with E-state index in [1.807, 2.05) is 48.5 Å². The van der Waals surface area contributed by atoms with Crippen molar-refractivity contribution in [3.8, 4) is 11.5 Å². The highest BCUT2D eigenvalue weighted by atomic mass is 16.5. The molecule has 0 spiro atoms. The zero-order valence-electron chi connectivity index (χ0n) is 12.4. The van der Waals surface area contributed by atoms with Crippen molar-refractivity contribution in [2.45, 2.75) is 12.6 Å². The average molecular weight is 287 g/mol. The number of hydrogen-bond acceptors (Lipinski definition) is 4. The third-order valence-electron chi connectivity index (χ3n) is 3.35. The van der Waals surface area contributed by atoms with E-state index in [9.17, 15) is 5.11 Å². The zero-order valence-corrected chi connectivity index (χ0v) is 12.4. The van der Waals surface area contributed by atoms with Gasteiger partial charge < -0.3 is 19.9 Å². The van der Waals surface area contributed by atoms with Gasteiger partial charge in [0.2, 0.25) is 0 Å². The van der Waals surface area contributed by atoms with Crippen molar-refractivity contribution in [3.05, 3.63) is 59.7 Å². The van der Waals surface area contributed by atoms with E-state index >= 15 is 0 Å². The van der Waals surface area contributed by atoms with E-state index in [0.717, 1.165) is 22.6 Å². The van der Waals surface area contributed by atoms with Crippen molar-refractivity contribution in [2.75, 3.05) is 20.8 Å². The van der Waals surface area contributed by atoms with Gasteiger partial charge in [0, 0.05) is 18.7 Å². The standard InChI is InChI=1S/C17H21NO3/c1-20-15-9-7-13(8-10-15)16(19)12-18-11-14-5-3-4-6-17(14)21-2/h3-10,16,18-19H,11-12H2,1-2H3. The molecule has 0 aliphatic carbocycles. The molecule has 4 nitrogen and oxygen atoms in total. The van der Waals surface area contributed by atoms with Gasteiger partial charge in [0.05, 0.1) is 20.3 Å². The van der Waals surface area contributed by atoms with Crippen LogP contribution in [0.15, 0.2) is 48.5 Å². The van der Waals surface area contributed by atoms with E-state index in [4.69, 9.17) is 9.47 Å². The number of rotatable bonds is 7. The number of nitrogens with one attached hydrogen (secondary N) is 1. The summed E-state index contributed by atoms with van der Waals surface area (Å²) in [6.45, 7) is 1.13. The molecule has 112 valence electrons. The maximum Gasteiger partial charge on any atom is 0.123 e. The normalized spacial score (nSPS) is 12.0. The summed E-state index contributed by atoms with van der Waals surface area (Å²) in [7, 11) is 3.28. The molecule has 0 saturated carbocycles. The van der Waals surface area contributed by atoms with E-state index in [2.05, 4.69) is 5.32 Å². The maximum absolute atomic E-state index is 10.2. The molecule has 0 bridgehead atoms. The predicted molar refractivity (Wildman–Crippen MR) is 82.7 cm³/mol. The Morgan fingerprint density at radius 3 is 2.38 bits per heavy atom. The van der Waals surface area contributed by atoms with Crippen LogP contribution in [0.4, 0.5) is 0 Å². The van der Waals surface area contributed by atoms with Gasteiger partial charge in [0.25, 0.3) is 0 Å². The Morgan fingerprint density at radius 1 is 1.00 bits per heavy atom. The Kier molecular flexibility index (Phi) is 5.60. The first-order chi connectivity index (χ1) is 10.2. The molecule has 21 heavy (non-hydrogen) atoms. The predicted octanol–water partition coefficient (Wildman–Crippen LogP) is 2.53. The van der Waals surface area contributed by atoms with Gasteiger partial charge >= 0.3 is 0 Å². The van der Waals surface area contributed by atoms with E-state index in [1.54, 1.807) is 14.2 Å². The van der Waals surface area contributed by atoms with Crippen LogP contribution in [0.5, 0.6) is 11.5 Å². The Labute approximate surface area is 125 Å². The quantitative estimate of drug-likeness (QED) is 0.821. The largest absolute Gasteiger partial charge is 0.497 e. The van der Waals surface area contributed by atoms with Crippen LogP contribution in [0.3, 0.4) is 0 Å². The highest BCUT2D eigenvalue weighted by molar-refractivity contribution is 5.33. The SMILES string of the molecule is COc1ccc(C(O)CNCc2ccccc2OC)cc1. The van der Waals surface area contributed by atoms with E-state index in [1.165, 1.54) is 0 Å². The van der Waals surface area contributed by atoms with Crippen LogP contribution in [0.25, 0.3) is 0 Å². The number of hydrogen-bond donors (Lipinski definition) is 2. The minimum absolute atomic E-state index is 0.477. The van der Waals surface area contributed by atoms with Crippen molar-refractivity contribution in [3.63, 3.8) is 0 Å². The lowest BCUT2D eigenvalue weighted by Gasteiger charge is -2.14. The molecule has 2 N–H and O–H groups in total. The Bertz CT molecular complexity index is 554. The number of benzene rings is 2. The van der Waals surface area contributed by atoms with Crippen molar-refractivity contribution in [1.29, 1.82) is 0 Å². The Morgan fingerprint density at radius 2 is 1.71 bits per heavy atom. The molecule has 0 aliphatic rings. The maximum atomic E-state index is 10.2. The highest BCUT2D eigenvalue weighted by Gasteiger charge is 2.08. The first kappa shape index (κ1) is 15.4. The van der Waals surface area contributed by atoms with Crippen molar-refractivity contribution >= 4 is 0 Å². The summed E-state index contributed by atoms with van der Waals surface area (Å²) in [6.07, 6.45) is -0.550. The second-order valence-electron chi connectivity index (χ2n) is 4.73. The molecule has 0 saturated heterocycles. The molecule has 4 heteroatoms. The Balaban J connectivity index is 1.87. The second-order valence-corrected chi connectivity index (χ2v) is 4.73. The van der Waals surface area contributed by atoms with Crippen LogP contribution in [0, 0.1) is 0 Å². The number of para-hydroxylation sites is 1. The topological polar surface area (TPSA) is 50.7 Å². The minimum Gasteiger partial charge on any atom is -0.497 e. The molecule has 0 radical (unpaired) electrons. The third kappa shape index (κ3) is 4.21. The fourth-order valence-corrected chi connectivity index (χ4v) is 2.14. The first-order valence-electron chi connectivity index (χ1n) is 6.89. The summed E-state index contributed by atoms with van der Waals surface area (Å²) in [5.41, 5.74) is 1.94. The van der Waals surface area contributed by atoms with Crippen LogP contribution in [0.1, 0.15) is 17.2 Å². The summed E-state index contributed by atoms with van der Waals surface area (Å²) < 4.78 is 10.4. The van der Waals surface area contributed by atoms with Crippen molar-refractivity contribution in [1.82, 2.24) is 5.32 Å². The second kappa shape index (κ2) is 7.67. The number of aliphatic hydroxyl groups is 1. The summed E-state index contributed by atoms with van der Waals surface area (Å²) in [5.74, 6) is 1.64. The monoisotopic (exact) mass is 287 g/mol. The van der Waals surface area contributed by atoms with Crippen LogP contribution >= 0.6 is 0 Å². The molecule has 0 aromatic heterocycles. The summed E-state index contributed by atoms with van der Waals surface area (Å²) in [5, 5.41) is 13.4. The molecule has 0 fully saturated rings. The molecule has 2 rings (SSSR count). The number of methoxy groups -OCH3 is 2. The lowest BCUT2D eigenvalue weighted by atomic mass is 10.1. The lowest BCUT2D eigenvalue weighted by molar-refractivity contribution is 0.174. The van der Waals surface area contributed by atoms with E-state index < -0.39 is 6.10 Å².